The monoisotopic (exact) mass is 347 g/mol. The molecule has 134 valence electrons. The lowest BCUT2D eigenvalue weighted by molar-refractivity contribution is -0.123. The first-order valence-corrected chi connectivity index (χ1v) is 8.33. The maximum atomic E-state index is 13.7. The summed E-state index contributed by atoms with van der Waals surface area (Å²) in [6.07, 6.45) is 6.19. The predicted octanol–water partition coefficient (Wildman–Crippen LogP) is 2.05. The number of imidazole rings is 1. The Labute approximate surface area is 145 Å². The summed E-state index contributed by atoms with van der Waals surface area (Å²) in [5.41, 5.74) is 0.607. The lowest BCUT2D eigenvalue weighted by atomic mass is 9.74. The zero-order valence-corrected chi connectivity index (χ0v) is 14.1. The van der Waals surface area contributed by atoms with Gasteiger partial charge in [-0.2, -0.15) is 0 Å². The van der Waals surface area contributed by atoms with Crippen LogP contribution in [0.3, 0.4) is 0 Å². The molecule has 1 aliphatic rings. The van der Waals surface area contributed by atoms with Crippen molar-refractivity contribution in [2.24, 2.45) is 5.92 Å². The first-order chi connectivity index (χ1) is 12.1. The van der Waals surface area contributed by atoms with Gasteiger partial charge in [-0.15, -0.1) is 0 Å². The Morgan fingerprint density at radius 3 is 2.96 bits per heavy atom. The van der Waals surface area contributed by atoms with Crippen LogP contribution in [0.2, 0.25) is 0 Å². The first kappa shape index (κ1) is 17.4. The summed E-state index contributed by atoms with van der Waals surface area (Å²) in [7, 11) is 1.52. The second kappa shape index (κ2) is 7.65. The summed E-state index contributed by atoms with van der Waals surface area (Å²) in [4.78, 5) is 16.3. The summed E-state index contributed by atoms with van der Waals surface area (Å²) in [6.45, 7) is 0.520. The normalized spacial score (nSPS) is 20.6. The second-order valence-electron chi connectivity index (χ2n) is 6.37. The molecule has 7 heteroatoms. The van der Waals surface area contributed by atoms with Crippen LogP contribution in [-0.2, 0) is 11.3 Å². The van der Waals surface area contributed by atoms with E-state index >= 15 is 0 Å². The minimum atomic E-state index is -0.385. The highest BCUT2D eigenvalue weighted by Crippen LogP contribution is 2.41. The van der Waals surface area contributed by atoms with Crippen LogP contribution >= 0.6 is 0 Å². The Kier molecular flexibility index (Phi) is 5.33. The lowest BCUT2D eigenvalue weighted by Crippen LogP contribution is -2.41. The van der Waals surface area contributed by atoms with Gasteiger partial charge in [0.05, 0.1) is 25.6 Å². The lowest BCUT2D eigenvalue weighted by Gasteiger charge is -2.38. The molecule has 1 saturated carbocycles. The predicted molar refractivity (Wildman–Crippen MR) is 89.4 cm³/mol. The maximum Gasteiger partial charge on any atom is 0.222 e. The minimum Gasteiger partial charge on any atom is -0.496 e. The first-order valence-electron chi connectivity index (χ1n) is 8.33. The molecule has 3 rings (SSSR count). The van der Waals surface area contributed by atoms with Gasteiger partial charge in [0.1, 0.15) is 11.6 Å². The average molecular weight is 347 g/mol. The smallest absolute Gasteiger partial charge is 0.222 e. The van der Waals surface area contributed by atoms with Gasteiger partial charge >= 0.3 is 0 Å². The number of aryl methyl sites for hydroxylation is 1. The number of aliphatic hydroxyl groups is 1. The molecule has 0 spiro atoms. The molecule has 2 N–H and O–H groups in total. The van der Waals surface area contributed by atoms with Crippen molar-refractivity contribution >= 4 is 5.91 Å². The minimum absolute atomic E-state index is 0.0582. The molecule has 1 aliphatic carbocycles. The molecule has 1 aromatic heterocycles. The molecule has 1 unspecified atom stereocenters. The van der Waals surface area contributed by atoms with Gasteiger partial charge in [-0.25, -0.2) is 9.37 Å². The summed E-state index contributed by atoms with van der Waals surface area (Å²) >= 11 is 0. The molecular formula is C18H22FN3O3. The number of benzene rings is 1. The molecule has 1 fully saturated rings. The second-order valence-corrected chi connectivity index (χ2v) is 6.37. The summed E-state index contributed by atoms with van der Waals surface area (Å²) in [6, 6.07) is 3.90. The highest BCUT2D eigenvalue weighted by molar-refractivity contribution is 5.76. The van der Waals surface area contributed by atoms with Gasteiger partial charge in [-0.05, 0) is 37.0 Å². The van der Waals surface area contributed by atoms with Gasteiger partial charge in [-0.1, -0.05) is 0 Å². The number of ether oxygens (including phenoxy) is 1. The fourth-order valence-corrected chi connectivity index (χ4v) is 3.20. The maximum absolute atomic E-state index is 13.7. The summed E-state index contributed by atoms with van der Waals surface area (Å²) in [5, 5.41) is 12.6. The van der Waals surface area contributed by atoms with Crippen molar-refractivity contribution in [3.8, 4) is 5.75 Å². The number of aromatic nitrogens is 2. The molecule has 0 aliphatic heterocycles. The number of nitrogens with one attached hydrogen (secondary N) is 1. The fourth-order valence-electron chi connectivity index (χ4n) is 3.20. The van der Waals surface area contributed by atoms with Crippen LogP contribution in [0.25, 0.3) is 0 Å². The number of rotatable bonds is 7. The van der Waals surface area contributed by atoms with E-state index in [1.165, 1.54) is 19.2 Å². The number of nitrogens with zero attached hydrogens (tertiary/aromatic N) is 2. The molecule has 0 radical (unpaired) electrons. The zero-order valence-electron chi connectivity index (χ0n) is 14.1. The quantitative estimate of drug-likeness (QED) is 0.804. The third-order valence-electron chi connectivity index (χ3n) is 4.62. The number of halogens is 1. The highest BCUT2D eigenvalue weighted by atomic mass is 19.1. The Bertz CT molecular complexity index is 714. The van der Waals surface area contributed by atoms with Crippen molar-refractivity contribution in [2.75, 3.05) is 7.11 Å². The van der Waals surface area contributed by atoms with Crippen molar-refractivity contribution in [1.29, 1.82) is 0 Å². The van der Waals surface area contributed by atoms with Crippen molar-refractivity contribution in [3.63, 3.8) is 0 Å². The molecule has 25 heavy (non-hydrogen) atoms. The Balaban J connectivity index is 1.73. The molecule has 1 atom stereocenters. The standard InChI is InChI=1S/C18H22FN3O3/c1-25-16-3-2-13(19)10-15(16)18(12-8-14(23)9-12)21-17(24)4-6-22-7-5-20-11-22/h2-3,5,7,10-12,14,18,23H,4,6,8-9H2,1H3,(H,21,24). The highest BCUT2D eigenvalue weighted by Gasteiger charge is 2.37. The topological polar surface area (TPSA) is 76.4 Å². The molecule has 0 bridgehead atoms. The molecule has 0 saturated heterocycles. The van der Waals surface area contributed by atoms with Crippen LogP contribution in [0.15, 0.2) is 36.9 Å². The van der Waals surface area contributed by atoms with Gasteiger partial charge in [0.25, 0.3) is 0 Å². The molecular weight excluding hydrogens is 325 g/mol. The van der Waals surface area contributed by atoms with Crippen molar-refractivity contribution in [3.05, 3.63) is 48.3 Å². The number of carbonyl (C=O) groups is 1. The van der Waals surface area contributed by atoms with E-state index in [4.69, 9.17) is 4.74 Å². The number of hydrogen-bond acceptors (Lipinski definition) is 4. The molecule has 1 amide bonds. The average Bonchev–Trinajstić information content (AvgIpc) is 3.09. The molecule has 6 nitrogen and oxygen atoms in total. The van der Waals surface area contributed by atoms with E-state index in [0.717, 1.165) is 0 Å². The largest absolute Gasteiger partial charge is 0.496 e. The van der Waals surface area contributed by atoms with E-state index < -0.39 is 0 Å². The Morgan fingerprint density at radius 2 is 2.32 bits per heavy atom. The summed E-state index contributed by atoms with van der Waals surface area (Å²) in [5.74, 6) is 0.0744. The van der Waals surface area contributed by atoms with Crippen LogP contribution in [0.1, 0.15) is 30.9 Å². The third-order valence-corrected chi connectivity index (χ3v) is 4.62. The summed E-state index contributed by atoms with van der Waals surface area (Å²) < 4.78 is 20.9. The van der Waals surface area contributed by atoms with Crippen molar-refractivity contribution < 1.29 is 19.0 Å². The van der Waals surface area contributed by atoms with E-state index in [1.54, 1.807) is 24.8 Å². The van der Waals surface area contributed by atoms with Gasteiger partial charge in [-0.3, -0.25) is 4.79 Å². The van der Waals surface area contributed by atoms with Gasteiger partial charge in [0, 0.05) is 30.9 Å². The SMILES string of the molecule is COc1ccc(F)cc1C(NC(=O)CCn1ccnc1)C1CC(O)C1. The van der Waals surface area contributed by atoms with Crippen molar-refractivity contribution in [2.45, 2.75) is 38.0 Å². The third kappa shape index (κ3) is 4.17. The van der Waals surface area contributed by atoms with Crippen molar-refractivity contribution in [1.82, 2.24) is 14.9 Å². The van der Waals surface area contributed by atoms with Crippen LogP contribution in [0.4, 0.5) is 4.39 Å². The van der Waals surface area contributed by atoms with Gasteiger partial charge in [0.2, 0.25) is 5.91 Å². The van der Waals surface area contributed by atoms with Gasteiger partial charge in [0.15, 0.2) is 0 Å². The number of methoxy groups -OCH3 is 1. The van der Waals surface area contributed by atoms with E-state index in [1.807, 2.05) is 4.57 Å². The van der Waals surface area contributed by atoms with Crippen LogP contribution in [0, 0.1) is 11.7 Å². The number of amides is 1. The molecule has 1 heterocycles. The number of aliphatic hydroxyl groups excluding tert-OH is 1. The van der Waals surface area contributed by atoms with Crippen LogP contribution in [-0.4, -0.2) is 33.8 Å². The Hall–Kier alpha value is -2.41. The van der Waals surface area contributed by atoms with E-state index in [9.17, 15) is 14.3 Å². The van der Waals surface area contributed by atoms with Gasteiger partial charge < -0.3 is 19.7 Å². The van der Waals surface area contributed by atoms with Crippen LogP contribution in [0.5, 0.6) is 5.75 Å². The van der Waals surface area contributed by atoms with E-state index in [2.05, 4.69) is 10.3 Å². The molecule has 1 aromatic carbocycles. The Morgan fingerprint density at radius 1 is 1.52 bits per heavy atom. The fraction of sp³-hybridized carbons (Fsp3) is 0.444. The number of carbonyl (C=O) groups excluding carboxylic acids is 1. The van der Waals surface area contributed by atoms with E-state index in [-0.39, 0.29) is 29.8 Å². The molecule has 2 aromatic rings. The van der Waals surface area contributed by atoms with Crippen LogP contribution < -0.4 is 10.1 Å². The zero-order chi connectivity index (χ0) is 17.8. The number of hydrogen-bond donors (Lipinski definition) is 2. The van der Waals surface area contributed by atoms with E-state index in [0.29, 0.717) is 37.1 Å².